The molecule has 2 heteroatoms. The summed E-state index contributed by atoms with van der Waals surface area (Å²) in [5.74, 6) is 1.82. The Morgan fingerprint density at radius 2 is 2.25 bits per heavy atom. The minimum absolute atomic E-state index is 0.625. The second-order valence-electron chi connectivity index (χ2n) is 0.256. The molecule has 0 fully saturated rings. The van der Waals surface area contributed by atoms with Crippen LogP contribution >= 0.6 is 0 Å². The average Bonchev–Trinajstić information content (AvgIpc) is 1.37. The fourth-order valence-corrected chi connectivity index (χ4v) is 0. The van der Waals surface area contributed by atoms with Crippen molar-refractivity contribution in [2.45, 2.75) is 5.82 Å². The van der Waals surface area contributed by atoms with Gasteiger partial charge in [0.15, 0.2) is 0 Å². The summed E-state index contributed by atoms with van der Waals surface area (Å²) in [6.45, 7) is 0. The molecule has 0 radical (unpaired) electrons. The average molecular weight is 96.9 g/mol. The molecule has 0 heterocycles. The van der Waals surface area contributed by atoms with Crippen molar-refractivity contribution >= 4 is 0 Å². The van der Waals surface area contributed by atoms with Crippen molar-refractivity contribution in [1.82, 2.24) is 0 Å². The van der Waals surface area contributed by atoms with Gasteiger partial charge in [-0.3, -0.25) is 0 Å². The molecule has 0 N–H and O–H groups in total. The molecule has 0 aliphatic heterocycles. The Labute approximate surface area is 31.8 Å². The number of rotatable bonds is 0. The van der Waals surface area contributed by atoms with Gasteiger partial charge in [-0.05, 0) is 0 Å². The Bertz CT molecular complexity index is 35.8. The Balaban J connectivity index is 2.43. The van der Waals surface area contributed by atoms with Crippen LogP contribution in [0.15, 0.2) is 0 Å². The van der Waals surface area contributed by atoms with E-state index >= 15 is 0 Å². The van der Waals surface area contributed by atoms with Crippen LogP contribution in [-0.4, -0.2) is 0 Å². The monoisotopic (exact) mass is 97.0 g/mol. The van der Waals surface area contributed by atoms with Gasteiger partial charge in [0.2, 0.25) is 0 Å². The van der Waals surface area contributed by atoms with Gasteiger partial charge in [-0.2, -0.15) is 0 Å². The number of hydrogen-bond donors (Lipinski definition) is 0. The molecule has 0 aromatic heterocycles. The van der Waals surface area contributed by atoms with Crippen LogP contribution in [0.2, 0.25) is 5.82 Å². The van der Waals surface area contributed by atoms with Crippen LogP contribution < -0.4 is 0 Å². The Kier molecular flexibility index (Phi) is 3.02. The maximum absolute atomic E-state index is 7.62. The van der Waals surface area contributed by atoms with E-state index in [2.05, 4.69) is 0 Å². The van der Waals surface area contributed by atoms with Crippen molar-refractivity contribution in [1.29, 1.82) is 5.26 Å². The minimum atomic E-state index is 0.625. The standard InChI is InChI=1S/CN.CH3.Fe/c1-2;;/h;1H3;. The molecule has 0 aromatic carbocycles. The fourth-order valence-electron chi connectivity index (χ4n) is 0. The van der Waals surface area contributed by atoms with Crippen molar-refractivity contribution in [2.24, 2.45) is 0 Å². The summed E-state index contributed by atoms with van der Waals surface area (Å²) in [5.41, 5.74) is 0. The second-order valence-corrected chi connectivity index (χ2v) is 1.05. The molecule has 0 rings (SSSR count). The first-order chi connectivity index (χ1) is 1.91. The summed E-state index contributed by atoms with van der Waals surface area (Å²) in [6, 6.07) is 0. The van der Waals surface area contributed by atoms with Gasteiger partial charge in [0.1, 0.15) is 0 Å². The molecule has 0 saturated carbocycles. The van der Waals surface area contributed by atoms with Crippen molar-refractivity contribution in [3.63, 3.8) is 0 Å². The van der Waals surface area contributed by atoms with E-state index in [1.807, 2.05) is 10.8 Å². The molecule has 0 amide bonds. The summed E-state index contributed by atoms with van der Waals surface area (Å²) in [4.78, 5) is 1.93. The van der Waals surface area contributed by atoms with E-state index in [-0.39, 0.29) is 0 Å². The van der Waals surface area contributed by atoms with Crippen LogP contribution in [0, 0.1) is 10.2 Å². The van der Waals surface area contributed by atoms with Crippen LogP contribution in [0.5, 0.6) is 0 Å². The first-order valence-electron chi connectivity index (χ1n) is 0.754. The van der Waals surface area contributed by atoms with Crippen LogP contribution in [0.4, 0.5) is 0 Å². The quantitative estimate of drug-likeness (QED) is 0.406. The molecule has 0 saturated heterocycles. The number of nitriles is 1. The molecule has 0 spiro atoms. The molecular weight excluding hydrogens is 93.9 g/mol. The summed E-state index contributed by atoms with van der Waals surface area (Å²) in [7, 11) is 0. The Morgan fingerprint density at radius 3 is 2.25 bits per heavy atom. The van der Waals surface area contributed by atoms with Gasteiger partial charge in [-0.1, -0.05) is 0 Å². The molecule has 1 nitrogen and oxygen atoms in total. The normalized spacial score (nSPS) is 6.00. The number of hydrogen-bond acceptors (Lipinski definition) is 1. The third-order valence-electron chi connectivity index (χ3n) is 0.0791. The van der Waals surface area contributed by atoms with Crippen molar-refractivity contribution < 1.29 is 15.0 Å². The van der Waals surface area contributed by atoms with Gasteiger partial charge in [0.25, 0.3) is 0 Å². The van der Waals surface area contributed by atoms with E-state index in [4.69, 9.17) is 5.26 Å². The van der Waals surface area contributed by atoms with Crippen molar-refractivity contribution in [3.8, 4) is 4.97 Å². The predicted molar refractivity (Wildman–Crippen MR) is 11.5 cm³/mol. The molecule has 0 unspecified atom stereocenters. The summed E-state index contributed by atoms with van der Waals surface area (Å²) < 4.78 is 0. The zero-order chi connectivity index (χ0) is 3.41. The summed E-state index contributed by atoms with van der Waals surface area (Å²) >= 11 is 0.625. The van der Waals surface area contributed by atoms with Gasteiger partial charge in [0.05, 0.1) is 0 Å². The first kappa shape index (κ1) is 4.01. The van der Waals surface area contributed by atoms with E-state index in [0.29, 0.717) is 15.0 Å². The first-order valence-corrected chi connectivity index (χ1v) is 2.41. The molecule has 0 aromatic rings. The molecule has 24 valence electrons. The fraction of sp³-hybridized carbons (Fsp3) is 0.500. The summed E-state index contributed by atoms with van der Waals surface area (Å²) in [6.07, 6.45) is 0. The number of nitrogens with zero attached hydrogens (tertiary/aromatic N) is 1. The molecule has 0 aliphatic rings. The maximum atomic E-state index is 7.62. The zero-order valence-corrected chi connectivity index (χ0v) is 3.40. The third-order valence-corrected chi connectivity index (χ3v) is 0.326. The predicted octanol–water partition coefficient (Wildman–Crippen LogP) is 0.598. The van der Waals surface area contributed by atoms with E-state index in [0.717, 1.165) is 0 Å². The van der Waals surface area contributed by atoms with Gasteiger partial charge < -0.3 is 0 Å². The van der Waals surface area contributed by atoms with E-state index in [1.54, 1.807) is 0 Å². The van der Waals surface area contributed by atoms with Crippen LogP contribution in [0.3, 0.4) is 0 Å². The van der Waals surface area contributed by atoms with Gasteiger partial charge in [-0.25, -0.2) is 0 Å². The molecule has 4 heavy (non-hydrogen) atoms. The molecule has 0 atom stereocenters. The van der Waals surface area contributed by atoms with Crippen LogP contribution in [-0.2, 0) is 15.0 Å². The van der Waals surface area contributed by atoms with Gasteiger partial charge in [0, 0.05) is 0 Å². The van der Waals surface area contributed by atoms with Crippen LogP contribution in [0.25, 0.3) is 0 Å². The van der Waals surface area contributed by atoms with E-state index in [9.17, 15) is 0 Å². The molecule has 0 aliphatic carbocycles. The third kappa shape index (κ3) is 2.01. The zero-order valence-electron chi connectivity index (χ0n) is 2.30. The Morgan fingerprint density at radius 1 is 2.00 bits per heavy atom. The molecular formula is C2H3FeN. The van der Waals surface area contributed by atoms with Gasteiger partial charge >= 0.3 is 31.0 Å². The topological polar surface area (TPSA) is 23.8 Å². The van der Waals surface area contributed by atoms with E-state index < -0.39 is 0 Å². The summed E-state index contributed by atoms with van der Waals surface area (Å²) in [5, 5.41) is 7.62. The SMILES string of the molecule is [CH3][Fe][C]#N. The van der Waals surface area contributed by atoms with E-state index in [1.165, 1.54) is 0 Å². The van der Waals surface area contributed by atoms with Crippen molar-refractivity contribution in [2.75, 3.05) is 0 Å². The van der Waals surface area contributed by atoms with Gasteiger partial charge in [-0.15, -0.1) is 0 Å². The molecule has 0 bridgehead atoms. The van der Waals surface area contributed by atoms with Crippen molar-refractivity contribution in [3.05, 3.63) is 0 Å². The van der Waals surface area contributed by atoms with Crippen LogP contribution in [0.1, 0.15) is 0 Å². The second kappa shape index (κ2) is 3.01. The Hall–Kier alpha value is 0.00948.